The zero-order valence-electron chi connectivity index (χ0n) is 13.0. The molecule has 0 aliphatic heterocycles. The first kappa shape index (κ1) is 18.9. The van der Waals surface area contributed by atoms with Crippen molar-refractivity contribution < 1.29 is 0 Å². The van der Waals surface area contributed by atoms with Crippen LogP contribution in [0.4, 0.5) is 0 Å². The second-order valence-electron chi connectivity index (χ2n) is 5.30. The van der Waals surface area contributed by atoms with Crippen molar-refractivity contribution in [3.05, 3.63) is 40.7 Å². The predicted octanol–water partition coefficient (Wildman–Crippen LogP) is 3.88. The molecule has 1 aromatic heterocycles. The molecule has 0 fully saturated rings. The number of guanidine groups is 1. The topological polar surface area (TPSA) is 63.3 Å². The second kappa shape index (κ2) is 9.78. The van der Waals surface area contributed by atoms with Crippen LogP contribution in [0.5, 0.6) is 0 Å². The van der Waals surface area contributed by atoms with Gasteiger partial charge in [-0.15, -0.1) is 35.3 Å². The zero-order valence-corrected chi connectivity index (χ0v) is 16.1. The van der Waals surface area contributed by atoms with E-state index in [4.69, 9.17) is 5.73 Å². The summed E-state index contributed by atoms with van der Waals surface area (Å²) in [6.45, 7) is 5.77. The lowest BCUT2D eigenvalue weighted by Crippen LogP contribution is -2.32. The molecule has 0 spiro atoms. The monoisotopic (exact) mass is 430 g/mol. The lowest BCUT2D eigenvalue weighted by molar-refractivity contribution is 0.576. The van der Waals surface area contributed by atoms with Crippen molar-refractivity contribution in [3.8, 4) is 11.3 Å². The Balaban J connectivity index is 0.00000242. The highest BCUT2D eigenvalue weighted by molar-refractivity contribution is 14.0. The Labute approximate surface area is 153 Å². The lowest BCUT2D eigenvalue weighted by atomic mass is 10.1. The summed E-state index contributed by atoms with van der Waals surface area (Å²) < 4.78 is 0. The van der Waals surface area contributed by atoms with Gasteiger partial charge in [-0.3, -0.25) is 0 Å². The number of nitrogens with zero attached hydrogens (tertiary/aromatic N) is 2. The third kappa shape index (κ3) is 6.31. The first-order valence-corrected chi connectivity index (χ1v) is 8.06. The van der Waals surface area contributed by atoms with Crippen molar-refractivity contribution in [2.75, 3.05) is 6.54 Å². The van der Waals surface area contributed by atoms with Crippen LogP contribution in [0.3, 0.4) is 0 Å². The number of aromatic nitrogens is 1. The summed E-state index contributed by atoms with van der Waals surface area (Å²) in [6, 6.07) is 10.2. The maximum atomic E-state index is 5.84. The minimum absolute atomic E-state index is 0. The Morgan fingerprint density at radius 1 is 1.32 bits per heavy atom. The van der Waals surface area contributed by atoms with Gasteiger partial charge in [0.05, 0.1) is 12.2 Å². The Hall–Kier alpha value is -1.15. The summed E-state index contributed by atoms with van der Waals surface area (Å²) in [4.78, 5) is 8.92. The predicted molar refractivity (Wildman–Crippen MR) is 106 cm³/mol. The van der Waals surface area contributed by atoms with Gasteiger partial charge in [0.1, 0.15) is 5.01 Å². The smallest absolute Gasteiger partial charge is 0.189 e. The molecule has 2 rings (SSSR count). The van der Waals surface area contributed by atoms with Crippen molar-refractivity contribution in [2.45, 2.75) is 26.8 Å². The maximum Gasteiger partial charge on any atom is 0.189 e. The van der Waals surface area contributed by atoms with E-state index in [1.165, 1.54) is 0 Å². The normalized spacial score (nSPS) is 11.3. The fourth-order valence-corrected chi connectivity index (χ4v) is 2.55. The summed E-state index contributed by atoms with van der Waals surface area (Å²) in [7, 11) is 0. The van der Waals surface area contributed by atoms with Gasteiger partial charge < -0.3 is 11.1 Å². The molecule has 0 aliphatic rings. The van der Waals surface area contributed by atoms with Gasteiger partial charge in [-0.2, -0.15) is 0 Å². The van der Waals surface area contributed by atoms with E-state index >= 15 is 0 Å². The van der Waals surface area contributed by atoms with Crippen LogP contribution >= 0.6 is 35.3 Å². The number of halogens is 1. The van der Waals surface area contributed by atoms with E-state index in [1.807, 2.05) is 18.2 Å². The molecule has 0 saturated carbocycles. The number of nitrogens with one attached hydrogen (secondary N) is 1. The maximum absolute atomic E-state index is 5.84. The van der Waals surface area contributed by atoms with Crippen molar-refractivity contribution in [1.82, 2.24) is 10.3 Å². The van der Waals surface area contributed by atoms with Gasteiger partial charge in [0.25, 0.3) is 0 Å². The van der Waals surface area contributed by atoms with E-state index < -0.39 is 0 Å². The van der Waals surface area contributed by atoms with Gasteiger partial charge in [0, 0.05) is 17.5 Å². The van der Waals surface area contributed by atoms with Crippen molar-refractivity contribution in [2.24, 2.45) is 16.6 Å². The molecule has 0 atom stereocenters. The van der Waals surface area contributed by atoms with Gasteiger partial charge in [-0.05, 0) is 12.3 Å². The van der Waals surface area contributed by atoms with E-state index in [9.17, 15) is 0 Å². The van der Waals surface area contributed by atoms with Gasteiger partial charge in [-0.25, -0.2) is 9.98 Å². The van der Waals surface area contributed by atoms with Crippen LogP contribution in [0.1, 0.15) is 25.3 Å². The third-order valence-corrected chi connectivity index (χ3v) is 3.87. The molecule has 4 nitrogen and oxygen atoms in total. The molecule has 0 radical (unpaired) electrons. The summed E-state index contributed by atoms with van der Waals surface area (Å²) in [6.07, 6.45) is 1.09. The third-order valence-electron chi connectivity index (χ3n) is 3.03. The summed E-state index contributed by atoms with van der Waals surface area (Å²) in [5, 5.41) is 6.16. The van der Waals surface area contributed by atoms with Crippen LogP contribution in [0.15, 0.2) is 40.7 Å². The van der Waals surface area contributed by atoms with Gasteiger partial charge >= 0.3 is 0 Å². The fraction of sp³-hybridized carbons (Fsp3) is 0.375. The molecule has 1 aromatic carbocycles. The summed E-state index contributed by atoms with van der Waals surface area (Å²) >= 11 is 1.61. The average Bonchev–Trinajstić information content (AvgIpc) is 2.94. The Morgan fingerprint density at radius 2 is 2.05 bits per heavy atom. The highest BCUT2D eigenvalue weighted by atomic mass is 127. The zero-order chi connectivity index (χ0) is 15.1. The van der Waals surface area contributed by atoms with Gasteiger partial charge in [0.2, 0.25) is 0 Å². The SMILES string of the molecule is CC(C)CCNC(N)=NCc1nc(-c2ccccc2)cs1.I. The fourth-order valence-electron chi connectivity index (χ4n) is 1.82. The quantitative estimate of drug-likeness (QED) is 0.416. The van der Waals surface area contributed by atoms with E-state index in [0.29, 0.717) is 18.4 Å². The Kier molecular flexibility index (Phi) is 8.40. The van der Waals surface area contributed by atoms with Crippen molar-refractivity contribution >= 4 is 41.3 Å². The number of thiazole rings is 1. The first-order chi connectivity index (χ1) is 10.1. The molecular formula is C16H23IN4S. The molecule has 0 unspecified atom stereocenters. The average molecular weight is 430 g/mol. The van der Waals surface area contributed by atoms with Crippen LogP contribution < -0.4 is 11.1 Å². The van der Waals surface area contributed by atoms with E-state index in [-0.39, 0.29) is 24.0 Å². The molecule has 120 valence electrons. The lowest BCUT2D eigenvalue weighted by Gasteiger charge is -2.06. The Morgan fingerprint density at radius 3 is 2.73 bits per heavy atom. The van der Waals surface area contributed by atoms with Crippen molar-refractivity contribution in [3.63, 3.8) is 0 Å². The molecule has 0 saturated heterocycles. The van der Waals surface area contributed by atoms with Crippen LogP contribution in [0.25, 0.3) is 11.3 Å². The van der Waals surface area contributed by atoms with Crippen LogP contribution in [0.2, 0.25) is 0 Å². The van der Waals surface area contributed by atoms with Gasteiger partial charge in [0.15, 0.2) is 5.96 Å². The molecule has 2 aromatic rings. The minimum atomic E-state index is 0. The van der Waals surface area contributed by atoms with Crippen molar-refractivity contribution in [1.29, 1.82) is 0 Å². The molecule has 6 heteroatoms. The molecule has 3 N–H and O–H groups in total. The molecular weight excluding hydrogens is 407 g/mol. The van der Waals surface area contributed by atoms with E-state index in [2.05, 4.69) is 46.7 Å². The number of hydrogen-bond donors (Lipinski definition) is 2. The molecule has 0 aliphatic carbocycles. The highest BCUT2D eigenvalue weighted by Gasteiger charge is 2.03. The van der Waals surface area contributed by atoms with Crippen LogP contribution in [-0.2, 0) is 6.54 Å². The highest BCUT2D eigenvalue weighted by Crippen LogP contribution is 2.21. The Bertz CT molecular complexity index is 581. The minimum Gasteiger partial charge on any atom is -0.370 e. The van der Waals surface area contributed by atoms with Crippen LogP contribution in [0, 0.1) is 5.92 Å². The number of benzene rings is 1. The largest absolute Gasteiger partial charge is 0.370 e. The van der Waals surface area contributed by atoms with Crippen LogP contribution in [-0.4, -0.2) is 17.5 Å². The molecule has 1 heterocycles. The number of nitrogens with two attached hydrogens (primary N) is 1. The standard InChI is InChI=1S/C16H22N4S.HI/c1-12(2)8-9-18-16(17)19-10-15-20-14(11-21-15)13-6-4-3-5-7-13;/h3-7,11-12H,8-10H2,1-2H3,(H3,17,18,19);1H. The number of hydrogen-bond acceptors (Lipinski definition) is 3. The molecule has 0 bridgehead atoms. The molecule has 22 heavy (non-hydrogen) atoms. The summed E-state index contributed by atoms with van der Waals surface area (Å²) in [5.74, 6) is 1.16. The number of rotatable bonds is 6. The van der Waals surface area contributed by atoms with E-state index in [0.717, 1.165) is 29.2 Å². The summed E-state index contributed by atoms with van der Waals surface area (Å²) in [5.41, 5.74) is 7.97. The first-order valence-electron chi connectivity index (χ1n) is 7.18. The second-order valence-corrected chi connectivity index (χ2v) is 6.25. The molecule has 0 amide bonds. The van der Waals surface area contributed by atoms with Gasteiger partial charge in [-0.1, -0.05) is 44.2 Å². The number of aliphatic imine (C=N–C) groups is 1. The van der Waals surface area contributed by atoms with E-state index in [1.54, 1.807) is 11.3 Å².